The highest BCUT2D eigenvalue weighted by molar-refractivity contribution is 5.94. The fourth-order valence-corrected chi connectivity index (χ4v) is 1.81. The molecule has 0 fully saturated rings. The molecule has 2 N–H and O–H groups in total. The number of aliphatic hydroxyl groups is 1. The van der Waals surface area contributed by atoms with Crippen molar-refractivity contribution in [2.75, 3.05) is 13.7 Å². The van der Waals surface area contributed by atoms with Crippen LogP contribution in [0.2, 0.25) is 0 Å². The molecule has 0 saturated carbocycles. The van der Waals surface area contributed by atoms with Crippen molar-refractivity contribution in [1.82, 2.24) is 5.32 Å². The molecule has 0 atom stereocenters. The van der Waals surface area contributed by atoms with E-state index in [0.29, 0.717) is 24.2 Å². The van der Waals surface area contributed by atoms with Crippen LogP contribution in [0.25, 0.3) is 0 Å². The van der Waals surface area contributed by atoms with Crippen molar-refractivity contribution < 1.29 is 14.6 Å². The van der Waals surface area contributed by atoms with E-state index in [1.165, 1.54) is 0 Å². The fourth-order valence-electron chi connectivity index (χ4n) is 1.81. The first-order chi connectivity index (χ1) is 8.95. The standard InChI is InChI=1S/C15H23NO3/c1-5-15(18,6-2)10-16-14(17)12-8-7-11(3)13(9-12)19-4/h7-9,18H,5-6,10H2,1-4H3,(H,16,17). The number of amides is 1. The van der Waals surface area contributed by atoms with Gasteiger partial charge in [-0.05, 0) is 37.5 Å². The number of hydrogen-bond donors (Lipinski definition) is 2. The lowest BCUT2D eigenvalue weighted by molar-refractivity contribution is 0.0314. The van der Waals surface area contributed by atoms with E-state index < -0.39 is 5.60 Å². The number of carbonyl (C=O) groups is 1. The predicted octanol–water partition coefficient (Wildman–Crippen LogP) is 2.28. The lowest BCUT2D eigenvalue weighted by Gasteiger charge is -2.25. The molecule has 19 heavy (non-hydrogen) atoms. The van der Waals surface area contributed by atoms with Crippen molar-refractivity contribution in [3.8, 4) is 5.75 Å². The van der Waals surface area contributed by atoms with Crippen molar-refractivity contribution in [2.24, 2.45) is 0 Å². The third-order valence-corrected chi connectivity index (χ3v) is 3.56. The van der Waals surface area contributed by atoms with Crippen molar-refractivity contribution in [3.63, 3.8) is 0 Å². The first-order valence-electron chi connectivity index (χ1n) is 6.61. The first-order valence-corrected chi connectivity index (χ1v) is 6.61. The quantitative estimate of drug-likeness (QED) is 0.829. The maximum atomic E-state index is 12.0. The Hall–Kier alpha value is -1.55. The van der Waals surface area contributed by atoms with Crippen LogP contribution in [0.15, 0.2) is 18.2 Å². The van der Waals surface area contributed by atoms with E-state index >= 15 is 0 Å². The van der Waals surface area contributed by atoms with Crippen LogP contribution in [-0.4, -0.2) is 30.3 Å². The maximum absolute atomic E-state index is 12.0. The highest BCUT2D eigenvalue weighted by Gasteiger charge is 2.23. The molecule has 0 aliphatic heterocycles. The molecule has 1 rings (SSSR count). The van der Waals surface area contributed by atoms with Gasteiger partial charge in [-0.15, -0.1) is 0 Å². The molecule has 0 saturated heterocycles. The van der Waals surface area contributed by atoms with Gasteiger partial charge in [0.25, 0.3) is 5.91 Å². The Morgan fingerprint density at radius 2 is 2.00 bits per heavy atom. The summed E-state index contributed by atoms with van der Waals surface area (Å²) in [4.78, 5) is 12.0. The van der Waals surface area contributed by atoms with Crippen molar-refractivity contribution in [1.29, 1.82) is 0 Å². The van der Waals surface area contributed by atoms with E-state index in [9.17, 15) is 9.90 Å². The zero-order valence-corrected chi connectivity index (χ0v) is 12.1. The third kappa shape index (κ3) is 3.96. The zero-order chi connectivity index (χ0) is 14.5. The number of hydrogen-bond acceptors (Lipinski definition) is 3. The van der Waals surface area contributed by atoms with Crippen LogP contribution in [0.1, 0.15) is 42.6 Å². The average molecular weight is 265 g/mol. The molecule has 0 unspecified atom stereocenters. The molecule has 106 valence electrons. The minimum atomic E-state index is -0.829. The minimum Gasteiger partial charge on any atom is -0.496 e. The SMILES string of the molecule is CCC(O)(CC)CNC(=O)c1ccc(C)c(OC)c1. The van der Waals surface area contributed by atoms with Crippen molar-refractivity contribution >= 4 is 5.91 Å². The summed E-state index contributed by atoms with van der Waals surface area (Å²) in [6.45, 7) is 6.00. The Balaban J connectivity index is 2.74. The molecule has 0 aromatic heterocycles. The van der Waals surface area contributed by atoms with Gasteiger partial charge >= 0.3 is 0 Å². The second-order valence-electron chi connectivity index (χ2n) is 4.80. The molecule has 1 amide bonds. The van der Waals surface area contributed by atoms with Crippen LogP contribution in [0.3, 0.4) is 0 Å². The summed E-state index contributed by atoms with van der Waals surface area (Å²) >= 11 is 0. The number of carbonyl (C=O) groups excluding carboxylic acids is 1. The molecule has 4 nitrogen and oxygen atoms in total. The van der Waals surface area contributed by atoms with E-state index in [1.807, 2.05) is 26.8 Å². The topological polar surface area (TPSA) is 58.6 Å². The zero-order valence-electron chi connectivity index (χ0n) is 12.1. The monoisotopic (exact) mass is 265 g/mol. The smallest absolute Gasteiger partial charge is 0.251 e. The highest BCUT2D eigenvalue weighted by Crippen LogP contribution is 2.19. The van der Waals surface area contributed by atoms with Crippen LogP contribution >= 0.6 is 0 Å². The van der Waals surface area contributed by atoms with Gasteiger partial charge < -0.3 is 15.2 Å². The Bertz CT molecular complexity index is 439. The van der Waals surface area contributed by atoms with Gasteiger partial charge in [0, 0.05) is 12.1 Å². The first kappa shape index (κ1) is 15.5. The van der Waals surface area contributed by atoms with Gasteiger partial charge in [0.15, 0.2) is 0 Å². The van der Waals surface area contributed by atoms with Gasteiger partial charge in [0.1, 0.15) is 5.75 Å². The lowest BCUT2D eigenvalue weighted by Crippen LogP contribution is -2.42. The van der Waals surface area contributed by atoms with E-state index in [0.717, 1.165) is 5.56 Å². The number of methoxy groups -OCH3 is 1. The van der Waals surface area contributed by atoms with Crippen LogP contribution in [0.4, 0.5) is 0 Å². The summed E-state index contributed by atoms with van der Waals surface area (Å²) in [6.07, 6.45) is 1.22. The molecule has 0 aliphatic carbocycles. The normalized spacial score (nSPS) is 11.2. The summed E-state index contributed by atoms with van der Waals surface area (Å²) in [5.74, 6) is 0.493. The highest BCUT2D eigenvalue weighted by atomic mass is 16.5. The largest absolute Gasteiger partial charge is 0.496 e. The summed E-state index contributed by atoms with van der Waals surface area (Å²) < 4.78 is 5.19. The van der Waals surface area contributed by atoms with Gasteiger partial charge in [-0.25, -0.2) is 0 Å². The predicted molar refractivity (Wildman–Crippen MR) is 75.6 cm³/mol. The number of aryl methyl sites for hydroxylation is 1. The lowest BCUT2D eigenvalue weighted by atomic mass is 9.97. The van der Waals surface area contributed by atoms with Gasteiger partial charge in [-0.1, -0.05) is 19.9 Å². The Labute approximate surface area is 114 Å². The molecule has 1 aromatic carbocycles. The number of benzene rings is 1. The van der Waals surface area contributed by atoms with Crippen molar-refractivity contribution in [3.05, 3.63) is 29.3 Å². The van der Waals surface area contributed by atoms with Crippen molar-refractivity contribution in [2.45, 2.75) is 39.2 Å². The summed E-state index contributed by atoms with van der Waals surface area (Å²) in [5, 5.41) is 12.9. The average Bonchev–Trinajstić information content (AvgIpc) is 2.44. The van der Waals surface area contributed by atoms with Gasteiger partial charge in [0.2, 0.25) is 0 Å². The number of ether oxygens (including phenoxy) is 1. The molecule has 4 heteroatoms. The van der Waals surface area contributed by atoms with E-state index in [1.54, 1.807) is 19.2 Å². The second kappa shape index (κ2) is 6.57. The van der Waals surface area contributed by atoms with Gasteiger partial charge in [0.05, 0.1) is 12.7 Å². The second-order valence-corrected chi connectivity index (χ2v) is 4.80. The van der Waals surface area contributed by atoms with Crippen LogP contribution in [0.5, 0.6) is 5.75 Å². The van der Waals surface area contributed by atoms with Crippen LogP contribution in [-0.2, 0) is 0 Å². The Morgan fingerprint density at radius 3 is 2.53 bits per heavy atom. The van der Waals surface area contributed by atoms with Gasteiger partial charge in [-0.2, -0.15) is 0 Å². The van der Waals surface area contributed by atoms with Crippen LogP contribution < -0.4 is 10.1 Å². The summed E-state index contributed by atoms with van der Waals surface area (Å²) in [6, 6.07) is 5.31. The molecule has 0 heterocycles. The number of nitrogens with one attached hydrogen (secondary N) is 1. The van der Waals surface area contributed by atoms with E-state index in [2.05, 4.69) is 5.32 Å². The maximum Gasteiger partial charge on any atom is 0.251 e. The fraction of sp³-hybridized carbons (Fsp3) is 0.533. The Morgan fingerprint density at radius 1 is 1.37 bits per heavy atom. The molecular weight excluding hydrogens is 242 g/mol. The Kier molecular flexibility index (Phi) is 5.36. The summed E-state index contributed by atoms with van der Waals surface area (Å²) in [5.41, 5.74) is 0.694. The molecule has 1 aromatic rings. The number of rotatable bonds is 6. The summed E-state index contributed by atoms with van der Waals surface area (Å²) in [7, 11) is 1.58. The molecular formula is C15H23NO3. The molecule has 0 spiro atoms. The molecule has 0 bridgehead atoms. The van der Waals surface area contributed by atoms with Gasteiger partial charge in [-0.3, -0.25) is 4.79 Å². The minimum absolute atomic E-state index is 0.196. The third-order valence-electron chi connectivity index (χ3n) is 3.56. The van der Waals surface area contributed by atoms with E-state index in [-0.39, 0.29) is 12.5 Å². The molecule has 0 radical (unpaired) electrons. The molecule has 0 aliphatic rings. The van der Waals surface area contributed by atoms with E-state index in [4.69, 9.17) is 4.74 Å². The van der Waals surface area contributed by atoms with Crippen LogP contribution in [0, 0.1) is 6.92 Å².